The molecule has 0 saturated carbocycles. The summed E-state index contributed by atoms with van der Waals surface area (Å²) in [4.78, 5) is 22.9. The van der Waals surface area contributed by atoms with E-state index in [-0.39, 0.29) is 39.2 Å². The number of carbonyl (C=O) groups excluding carboxylic acids is 1. The molecule has 30 heavy (non-hydrogen) atoms. The number of sulfonamides is 1. The van der Waals surface area contributed by atoms with E-state index in [4.69, 9.17) is 16.3 Å². The number of nitrogens with one attached hydrogen (secondary N) is 1. The minimum Gasteiger partial charge on any atom is -0.492 e. The van der Waals surface area contributed by atoms with Crippen molar-refractivity contribution in [3.63, 3.8) is 0 Å². The van der Waals surface area contributed by atoms with Crippen LogP contribution in [0.1, 0.15) is 30.1 Å². The summed E-state index contributed by atoms with van der Waals surface area (Å²) in [5.74, 6) is -0.506. The van der Waals surface area contributed by atoms with Crippen LogP contribution in [0, 0.1) is 10.1 Å². The number of ether oxygens (including phenoxy) is 1. The van der Waals surface area contributed by atoms with Crippen LogP contribution >= 0.6 is 11.6 Å². The van der Waals surface area contributed by atoms with Crippen LogP contribution < -0.4 is 10.1 Å². The van der Waals surface area contributed by atoms with Gasteiger partial charge >= 0.3 is 0 Å². The van der Waals surface area contributed by atoms with Gasteiger partial charge in [-0.05, 0) is 44.0 Å². The maximum Gasteiger partial charge on any atom is 0.270 e. The van der Waals surface area contributed by atoms with Gasteiger partial charge in [-0.15, -0.1) is 0 Å². The molecule has 1 N–H and O–H groups in total. The van der Waals surface area contributed by atoms with E-state index in [0.29, 0.717) is 13.1 Å². The number of rotatable bonds is 7. The third-order valence-corrected chi connectivity index (χ3v) is 6.84. The van der Waals surface area contributed by atoms with Gasteiger partial charge in [-0.2, -0.15) is 4.31 Å². The van der Waals surface area contributed by atoms with Crippen LogP contribution in [0.2, 0.25) is 5.02 Å². The van der Waals surface area contributed by atoms with E-state index >= 15 is 0 Å². The number of hydrogen-bond donors (Lipinski definition) is 1. The Hall–Kier alpha value is -2.69. The molecule has 2 aromatic carbocycles. The first kappa shape index (κ1) is 22.0. The van der Waals surface area contributed by atoms with Gasteiger partial charge < -0.3 is 10.1 Å². The van der Waals surface area contributed by atoms with Crippen LogP contribution in [0.4, 0.5) is 11.4 Å². The number of non-ortho nitro benzene ring substituents is 1. The van der Waals surface area contributed by atoms with Gasteiger partial charge in [0.15, 0.2) is 0 Å². The summed E-state index contributed by atoms with van der Waals surface area (Å²) in [6.07, 6.45) is 1.57. The molecular weight excluding hydrogens is 434 g/mol. The maximum atomic E-state index is 13.0. The van der Waals surface area contributed by atoms with Gasteiger partial charge in [-0.25, -0.2) is 8.42 Å². The molecule has 2 aromatic rings. The Morgan fingerprint density at radius 1 is 1.23 bits per heavy atom. The highest BCUT2D eigenvalue weighted by Gasteiger charge is 2.30. The minimum atomic E-state index is -3.80. The van der Waals surface area contributed by atoms with E-state index in [0.717, 1.165) is 18.9 Å². The Labute approximate surface area is 178 Å². The first-order chi connectivity index (χ1) is 14.2. The average molecular weight is 454 g/mol. The SMILES string of the molecule is CCOc1ccc(NC(=O)c2cc([N+](=O)[O-])ccc2Cl)cc1S(=O)(=O)N1CCCC1. The Morgan fingerprint density at radius 2 is 1.93 bits per heavy atom. The van der Waals surface area contributed by atoms with Gasteiger partial charge in [0.25, 0.3) is 11.6 Å². The van der Waals surface area contributed by atoms with E-state index in [1.807, 2.05) is 0 Å². The highest BCUT2D eigenvalue weighted by Crippen LogP contribution is 2.32. The topological polar surface area (TPSA) is 119 Å². The zero-order valence-corrected chi connectivity index (χ0v) is 17.7. The second kappa shape index (κ2) is 8.99. The summed E-state index contributed by atoms with van der Waals surface area (Å²) in [5.41, 5.74) is -0.180. The van der Waals surface area contributed by atoms with Crippen molar-refractivity contribution in [1.82, 2.24) is 4.31 Å². The van der Waals surface area contributed by atoms with Gasteiger partial charge in [0.1, 0.15) is 10.6 Å². The summed E-state index contributed by atoms with van der Waals surface area (Å²) < 4.78 is 33.0. The zero-order valence-electron chi connectivity index (χ0n) is 16.1. The van der Waals surface area contributed by atoms with Gasteiger partial charge in [0.05, 0.1) is 22.1 Å². The van der Waals surface area contributed by atoms with Gasteiger partial charge in [0, 0.05) is 30.9 Å². The number of anilines is 1. The highest BCUT2D eigenvalue weighted by molar-refractivity contribution is 7.89. The molecule has 0 aromatic heterocycles. The van der Waals surface area contributed by atoms with E-state index < -0.39 is 20.9 Å². The summed E-state index contributed by atoms with van der Waals surface area (Å²) in [7, 11) is -3.80. The lowest BCUT2D eigenvalue weighted by Gasteiger charge is -2.19. The first-order valence-electron chi connectivity index (χ1n) is 9.26. The van der Waals surface area contributed by atoms with Crippen LogP contribution in [0.25, 0.3) is 0 Å². The summed E-state index contributed by atoms with van der Waals surface area (Å²) in [5, 5.41) is 13.6. The zero-order chi connectivity index (χ0) is 21.9. The molecule has 1 aliphatic rings. The number of hydrogen-bond acceptors (Lipinski definition) is 6. The monoisotopic (exact) mass is 453 g/mol. The molecule has 1 fully saturated rings. The van der Waals surface area contributed by atoms with Crippen molar-refractivity contribution in [2.24, 2.45) is 0 Å². The molecule has 1 aliphatic heterocycles. The summed E-state index contributed by atoms with van der Waals surface area (Å²) in [6.45, 7) is 2.87. The van der Waals surface area contributed by atoms with Crippen LogP contribution in [0.5, 0.6) is 5.75 Å². The molecular formula is C19H20ClN3O6S. The number of nitrogens with zero attached hydrogens (tertiary/aromatic N) is 2. The second-order valence-electron chi connectivity index (χ2n) is 6.58. The Balaban J connectivity index is 1.95. The molecule has 0 aliphatic carbocycles. The predicted octanol–water partition coefficient (Wildman–Crippen LogP) is 3.68. The Morgan fingerprint density at radius 3 is 2.57 bits per heavy atom. The lowest BCUT2D eigenvalue weighted by Crippen LogP contribution is -2.28. The quantitative estimate of drug-likeness (QED) is 0.504. The molecule has 0 spiro atoms. The number of nitro benzene ring substituents is 1. The largest absolute Gasteiger partial charge is 0.492 e. The second-order valence-corrected chi connectivity index (χ2v) is 8.89. The van der Waals surface area contributed by atoms with E-state index in [1.54, 1.807) is 6.92 Å². The fourth-order valence-corrected chi connectivity index (χ4v) is 5.01. The lowest BCUT2D eigenvalue weighted by molar-refractivity contribution is -0.384. The van der Waals surface area contributed by atoms with Crippen LogP contribution in [0.15, 0.2) is 41.3 Å². The van der Waals surface area contributed by atoms with E-state index in [9.17, 15) is 23.3 Å². The number of carbonyl (C=O) groups is 1. The molecule has 11 heteroatoms. The summed E-state index contributed by atoms with van der Waals surface area (Å²) in [6, 6.07) is 7.80. The molecule has 3 rings (SSSR count). The predicted molar refractivity (Wildman–Crippen MR) is 112 cm³/mol. The molecule has 1 amide bonds. The summed E-state index contributed by atoms with van der Waals surface area (Å²) >= 11 is 6.01. The molecule has 0 bridgehead atoms. The molecule has 1 saturated heterocycles. The Bertz CT molecular complexity index is 1080. The first-order valence-corrected chi connectivity index (χ1v) is 11.1. The van der Waals surface area contributed by atoms with Crippen molar-refractivity contribution in [2.75, 3.05) is 25.0 Å². The fraction of sp³-hybridized carbons (Fsp3) is 0.316. The number of amides is 1. The van der Waals surface area contributed by atoms with Crippen molar-refractivity contribution in [2.45, 2.75) is 24.7 Å². The molecule has 160 valence electrons. The lowest BCUT2D eigenvalue weighted by atomic mass is 10.2. The number of nitro groups is 1. The van der Waals surface area contributed by atoms with Crippen molar-refractivity contribution in [1.29, 1.82) is 0 Å². The molecule has 0 radical (unpaired) electrons. The van der Waals surface area contributed by atoms with Crippen molar-refractivity contribution in [3.8, 4) is 5.75 Å². The van der Waals surface area contributed by atoms with Crippen molar-refractivity contribution in [3.05, 3.63) is 57.1 Å². The minimum absolute atomic E-state index is 0.0361. The van der Waals surface area contributed by atoms with Crippen LogP contribution in [0.3, 0.4) is 0 Å². The standard InChI is InChI=1S/C19H20ClN3O6S/c1-2-29-17-8-5-13(11-18(17)30(27,28)22-9-3-4-10-22)21-19(24)15-12-14(23(25)26)6-7-16(15)20/h5-8,11-12H,2-4,9-10H2,1H3,(H,21,24). The third-order valence-electron chi connectivity index (χ3n) is 4.59. The smallest absolute Gasteiger partial charge is 0.270 e. The van der Waals surface area contributed by atoms with Crippen LogP contribution in [-0.4, -0.2) is 43.2 Å². The van der Waals surface area contributed by atoms with Crippen LogP contribution in [-0.2, 0) is 10.0 Å². The maximum absolute atomic E-state index is 13.0. The Kier molecular flexibility index (Phi) is 6.59. The van der Waals surface area contributed by atoms with Crippen molar-refractivity contribution >= 4 is 38.9 Å². The van der Waals surface area contributed by atoms with Gasteiger partial charge in [0.2, 0.25) is 10.0 Å². The number of halogens is 1. The normalized spacial score (nSPS) is 14.5. The third kappa shape index (κ3) is 4.55. The van der Waals surface area contributed by atoms with Crippen molar-refractivity contribution < 1.29 is 22.9 Å². The average Bonchev–Trinajstić information content (AvgIpc) is 3.25. The molecule has 9 nitrogen and oxygen atoms in total. The molecule has 1 heterocycles. The highest BCUT2D eigenvalue weighted by atomic mass is 35.5. The van der Waals surface area contributed by atoms with Gasteiger partial charge in [-0.1, -0.05) is 11.6 Å². The number of benzene rings is 2. The van der Waals surface area contributed by atoms with Gasteiger partial charge in [-0.3, -0.25) is 14.9 Å². The van der Waals surface area contributed by atoms with E-state index in [2.05, 4.69) is 5.32 Å². The van der Waals surface area contributed by atoms with E-state index in [1.165, 1.54) is 34.6 Å². The molecule has 0 unspecified atom stereocenters. The fourth-order valence-electron chi connectivity index (χ4n) is 3.13. The molecule has 0 atom stereocenters.